The van der Waals surface area contributed by atoms with Crippen LogP contribution in [0.2, 0.25) is 0 Å². The van der Waals surface area contributed by atoms with E-state index in [0.29, 0.717) is 19.8 Å². The summed E-state index contributed by atoms with van der Waals surface area (Å²) in [4.78, 5) is 0. The fourth-order valence-corrected chi connectivity index (χ4v) is 1.98. The quantitative estimate of drug-likeness (QED) is 0.749. The van der Waals surface area contributed by atoms with Crippen molar-refractivity contribution in [3.05, 3.63) is 65.7 Å². The van der Waals surface area contributed by atoms with Gasteiger partial charge >= 0.3 is 0 Å². The Morgan fingerprint density at radius 1 is 0.850 bits per heavy atom. The Hall–Kier alpha value is -1.84. The normalized spacial score (nSPS) is 10.4. The molecule has 0 atom stereocenters. The maximum absolute atomic E-state index is 5.68. The van der Waals surface area contributed by atoms with Gasteiger partial charge in [0.1, 0.15) is 12.4 Å². The molecule has 106 valence electrons. The number of benzene rings is 2. The summed E-state index contributed by atoms with van der Waals surface area (Å²) in [6, 6.07) is 18.1. The first-order valence-electron chi connectivity index (χ1n) is 6.87. The van der Waals surface area contributed by atoms with E-state index in [1.165, 1.54) is 11.1 Å². The van der Waals surface area contributed by atoms with Crippen LogP contribution in [0.5, 0.6) is 5.75 Å². The van der Waals surface area contributed by atoms with E-state index in [1.807, 2.05) is 43.4 Å². The third-order valence-electron chi connectivity index (χ3n) is 2.98. The minimum absolute atomic E-state index is 0.568. The first-order valence-corrected chi connectivity index (χ1v) is 6.87. The van der Waals surface area contributed by atoms with E-state index < -0.39 is 0 Å². The molecule has 0 amide bonds. The second-order valence-electron chi connectivity index (χ2n) is 4.51. The fourth-order valence-electron chi connectivity index (χ4n) is 1.98. The molecule has 0 heterocycles. The van der Waals surface area contributed by atoms with E-state index in [2.05, 4.69) is 23.5 Å². The molecular formula is C17H21NO2. The van der Waals surface area contributed by atoms with Gasteiger partial charge in [0.25, 0.3) is 0 Å². The van der Waals surface area contributed by atoms with Crippen LogP contribution < -0.4 is 10.1 Å². The molecule has 0 bridgehead atoms. The Morgan fingerprint density at radius 2 is 1.55 bits per heavy atom. The fraction of sp³-hybridized carbons (Fsp3) is 0.294. The van der Waals surface area contributed by atoms with Crippen LogP contribution in [0.4, 0.5) is 0 Å². The van der Waals surface area contributed by atoms with Crippen molar-refractivity contribution in [2.45, 2.75) is 13.2 Å². The Bertz CT molecular complexity index is 499. The van der Waals surface area contributed by atoms with Gasteiger partial charge < -0.3 is 14.8 Å². The molecule has 0 aromatic heterocycles. The van der Waals surface area contributed by atoms with E-state index >= 15 is 0 Å². The summed E-state index contributed by atoms with van der Waals surface area (Å²) in [7, 11) is 1.95. The third-order valence-corrected chi connectivity index (χ3v) is 2.98. The van der Waals surface area contributed by atoms with Crippen LogP contribution in [0.15, 0.2) is 54.6 Å². The molecule has 2 aromatic rings. The van der Waals surface area contributed by atoms with Crippen LogP contribution in [0, 0.1) is 0 Å². The lowest BCUT2D eigenvalue weighted by Gasteiger charge is -2.10. The SMILES string of the molecule is CNCc1ccccc1COCCOc1ccccc1. The molecule has 2 rings (SSSR count). The maximum atomic E-state index is 5.68. The van der Waals surface area contributed by atoms with Crippen molar-refractivity contribution in [1.29, 1.82) is 0 Å². The van der Waals surface area contributed by atoms with E-state index in [9.17, 15) is 0 Å². The van der Waals surface area contributed by atoms with Gasteiger partial charge in [-0.2, -0.15) is 0 Å². The molecule has 2 aromatic carbocycles. The maximum Gasteiger partial charge on any atom is 0.119 e. The largest absolute Gasteiger partial charge is 0.491 e. The molecule has 1 N–H and O–H groups in total. The standard InChI is InChI=1S/C17H21NO2/c1-18-13-15-7-5-6-8-16(15)14-19-11-12-20-17-9-3-2-4-10-17/h2-10,18H,11-14H2,1H3. The van der Waals surface area contributed by atoms with Gasteiger partial charge in [0.15, 0.2) is 0 Å². The minimum Gasteiger partial charge on any atom is -0.491 e. The highest BCUT2D eigenvalue weighted by molar-refractivity contribution is 5.26. The van der Waals surface area contributed by atoms with Gasteiger partial charge in [-0.3, -0.25) is 0 Å². The number of hydrogen-bond acceptors (Lipinski definition) is 3. The van der Waals surface area contributed by atoms with Gasteiger partial charge in [0.2, 0.25) is 0 Å². The van der Waals surface area contributed by atoms with Crippen LogP contribution in [-0.2, 0) is 17.9 Å². The average Bonchev–Trinajstić information content (AvgIpc) is 2.50. The van der Waals surface area contributed by atoms with Crippen LogP contribution in [0.3, 0.4) is 0 Å². The van der Waals surface area contributed by atoms with Crippen LogP contribution in [0.1, 0.15) is 11.1 Å². The number of para-hydroxylation sites is 1. The molecule has 3 nitrogen and oxygen atoms in total. The van der Waals surface area contributed by atoms with Gasteiger partial charge in [-0.1, -0.05) is 42.5 Å². The van der Waals surface area contributed by atoms with E-state index in [4.69, 9.17) is 9.47 Å². The summed E-state index contributed by atoms with van der Waals surface area (Å²) in [5, 5.41) is 3.17. The van der Waals surface area contributed by atoms with Crippen LogP contribution in [-0.4, -0.2) is 20.3 Å². The van der Waals surface area contributed by atoms with Gasteiger partial charge in [0.05, 0.1) is 13.2 Å². The van der Waals surface area contributed by atoms with Crippen molar-refractivity contribution in [2.75, 3.05) is 20.3 Å². The Kier molecular flexibility index (Phi) is 6.08. The Morgan fingerprint density at radius 3 is 2.30 bits per heavy atom. The lowest BCUT2D eigenvalue weighted by Crippen LogP contribution is -2.10. The van der Waals surface area contributed by atoms with Gasteiger partial charge in [0, 0.05) is 6.54 Å². The summed E-state index contributed by atoms with van der Waals surface area (Å²) in [5.41, 5.74) is 2.50. The molecule has 0 unspecified atom stereocenters. The van der Waals surface area contributed by atoms with Crippen molar-refractivity contribution in [3.8, 4) is 5.75 Å². The van der Waals surface area contributed by atoms with Gasteiger partial charge in [-0.25, -0.2) is 0 Å². The van der Waals surface area contributed by atoms with Crippen molar-refractivity contribution in [1.82, 2.24) is 5.32 Å². The molecule has 0 spiro atoms. The predicted octanol–water partition coefficient (Wildman–Crippen LogP) is 3.00. The lowest BCUT2D eigenvalue weighted by atomic mass is 10.1. The molecule has 3 heteroatoms. The highest BCUT2D eigenvalue weighted by Gasteiger charge is 2.00. The summed E-state index contributed by atoms with van der Waals surface area (Å²) in [5.74, 6) is 0.881. The van der Waals surface area contributed by atoms with Crippen molar-refractivity contribution in [3.63, 3.8) is 0 Å². The molecule has 0 saturated heterocycles. The molecule has 0 saturated carbocycles. The van der Waals surface area contributed by atoms with E-state index in [-0.39, 0.29) is 0 Å². The van der Waals surface area contributed by atoms with Gasteiger partial charge in [-0.15, -0.1) is 0 Å². The Balaban J connectivity index is 1.71. The second-order valence-corrected chi connectivity index (χ2v) is 4.51. The average molecular weight is 271 g/mol. The first-order chi connectivity index (χ1) is 9.90. The summed E-state index contributed by atoms with van der Waals surface area (Å²) in [6.07, 6.45) is 0. The topological polar surface area (TPSA) is 30.5 Å². The molecular weight excluding hydrogens is 250 g/mol. The van der Waals surface area contributed by atoms with Crippen molar-refractivity contribution >= 4 is 0 Å². The van der Waals surface area contributed by atoms with Crippen LogP contribution in [0.25, 0.3) is 0 Å². The second kappa shape index (κ2) is 8.35. The highest BCUT2D eigenvalue weighted by atomic mass is 16.5. The zero-order valence-electron chi connectivity index (χ0n) is 11.8. The lowest BCUT2D eigenvalue weighted by molar-refractivity contribution is 0.0885. The molecule has 0 aliphatic carbocycles. The highest BCUT2D eigenvalue weighted by Crippen LogP contribution is 2.10. The first kappa shape index (κ1) is 14.6. The molecule has 0 aliphatic heterocycles. The monoisotopic (exact) mass is 271 g/mol. The van der Waals surface area contributed by atoms with E-state index in [0.717, 1.165) is 12.3 Å². The summed E-state index contributed by atoms with van der Waals surface area (Å²) >= 11 is 0. The van der Waals surface area contributed by atoms with Crippen LogP contribution >= 0.6 is 0 Å². The Labute approximate surface area is 120 Å². The predicted molar refractivity (Wildman–Crippen MR) is 80.8 cm³/mol. The molecule has 0 aliphatic rings. The smallest absolute Gasteiger partial charge is 0.119 e. The zero-order chi connectivity index (χ0) is 14.0. The zero-order valence-corrected chi connectivity index (χ0v) is 11.8. The molecule has 0 radical (unpaired) electrons. The number of nitrogens with one attached hydrogen (secondary N) is 1. The van der Waals surface area contributed by atoms with Gasteiger partial charge in [-0.05, 0) is 30.3 Å². The molecule has 0 fully saturated rings. The molecule has 20 heavy (non-hydrogen) atoms. The number of rotatable bonds is 8. The number of ether oxygens (including phenoxy) is 2. The summed E-state index contributed by atoms with van der Waals surface area (Å²) in [6.45, 7) is 2.64. The summed E-state index contributed by atoms with van der Waals surface area (Å²) < 4.78 is 11.3. The number of hydrogen-bond donors (Lipinski definition) is 1. The van der Waals surface area contributed by atoms with E-state index in [1.54, 1.807) is 0 Å². The third kappa shape index (κ3) is 4.68. The van der Waals surface area contributed by atoms with Crippen molar-refractivity contribution in [2.24, 2.45) is 0 Å². The van der Waals surface area contributed by atoms with Crippen molar-refractivity contribution < 1.29 is 9.47 Å². The minimum atomic E-state index is 0.568.